The SMILES string of the molecule is O=[N+]([O-])c1ccccc1NCc1cnc[nH]1. The number of rotatable bonds is 4. The van der Waals surface area contributed by atoms with Crippen LogP contribution in [0.3, 0.4) is 0 Å². The first-order chi connectivity index (χ1) is 7.77. The van der Waals surface area contributed by atoms with Crippen LogP contribution < -0.4 is 5.32 Å². The molecule has 0 unspecified atom stereocenters. The van der Waals surface area contributed by atoms with Crippen LogP contribution in [0.15, 0.2) is 36.8 Å². The molecule has 1 heterocycles. The lowest BCUT2D eigenvalue weighted by Crippen LogP contribution is -2.02. The molecule has 2 N–H and O–H groups in total. The van der Waals surface area contributed by atoms with Gasteiger partial charge in [-0.3, -0.25) is 10.1 Å². The lowest BCUT2D eigenvalue weighted by Gasteiger charge is -2.04. The molecule has 0 saturated heterocycles. The van der Waals surface area contributed by atoms with Crippen LogP contribution in [-0.2, 0) is 6.54 Å². The summed E-state index contributed by atoms with van der Waals surface area (Å²) in [6.45, 7) is 0.477. The maximum absolute atomic E-state index is 10.7. The van der Waals surface area contributed by atoms with Gasteiger partial charge in [0.05, 0.1) is 23.5 Å². The fourth-order valence-electron chi connectivity index (χ4n) is 1.35. The van der Waals surface area contributed by atoms with Crippen molar-refractivity contribution < 1.29 is 4.92 Å². The number of aromatic nitrogens is 2. The van der Waals surface area contributed by atoms with Crippen molar-refractivity contribution >= 4 is 11.4 Å². The Morgan fingerprint density at radius 1 is 1.44 bits per heavy atom. The Morgan fingerprint density at radius 2 is 2.25 bits per heavy atom. The maximum atomic E-state index is 10.7. The number of nitrogens with one attached hydrogen (secondary N) is 2. The highest BCUT2D eigenvalue weighted by Crippen LogP contribution is 2.23. The molecule has 2 rings (SSSR count). The second-order valence-corrected chi connectivity index (χ2v) is 3.20. The molecular weight excluding hydrogens is 208 g/mol. The van der Waals surface area contributed by atoms with Crippen molar-refractivity contribution in [1.82, 2.24) is 9.97 Å². The molecule has 0 radical (unpaired) electrons. The van der Waals surface area contributed by atoms with Crippen molar-refractivity contribution in [3.63, 3.8) is 0 Å². The Labute approximate surface area is 91.5 Å². The number of nitro benzene ring substituents is 1. The van der Waals surface area contributed by atoms with E-state index in [0.717, 1.165) is 5.69 Å². The van der Waals surface area contributed by atoms with Crippen molar-refractivity contribution in [3.05, 3.63) is 52.6 Å². The standard InChI is InChI=1S/C10H10N4O2/c15-14(16)10-4-2-1-3-9(10)12-6-8-5-11-7-13-8/h1-5,7,12H,6H2,(H,11,13). The predicted octanol–water partition coefficient (Wildman–Crippen LogP) is 1.93. The lowest BCUT2D eigenvalue weighted by atomic mass is 10.2. The van der Waals surface area contributed by atoms with Gasteiger partial charge in [-0.15, -0.1) is 0 Å². The van der Waals surface area contributed by atoms with Gasteiger partial charge >= 0.3 is 0 Å². The van der Waals surface area contributed by atoms with Gasteiger partial charge in [0.25, 0.3) is 5.69 Å². The van der Waals surface area contributed by atoms with E-state index in [2.05, 4.69) is 15.3 Å². The minimum atomic E-state index is -0.407. The molecule has 82 valence electrons. The fourth-order valence-corrected chi connectivity index (χ4v) is 1.35. The van der Waals surface area contributed by atoms with Crippen molar-refractivity contribution in [2.24, 2.45) is 0 Å². The van der Waals surface area contributed by atoms with Crippen molar-refractivity contribution in [3.8, 4) is 0 Å². The molecule has 0 fully saturated rings. The van der Waals surface area contributed by atoms with Crippen LogP contribution in [0.5, 0.6) is 0 Å². The summed E-state index contributed by atoms with van der Waals surface area (Å²) in [6.07, 6.45) is 3.23. The van der Waals surface area contributed by atoms with Crippen LogP contribution >= 0.6 is 0 Å². The molecular formula is C10H10N4O2. The Bertz CT molecular complexity index is 481. The Morgan fingerprint density at radius 3 is 2.94 bits per heavy atom. The first kappa shape index (κ1) is 10.2. The average molecular weight is 218 g/mol. The number of para-hydroxylation sites is 2. The second kappa shape index (κ2) is 4.43. The normalized spacial score (nSPS) is 10.0. The molecule has 0 bridgehead atoms. The number of nitro groups is 1. The summed E-state index contributed by atoms with van der Waals surface area (Å²) in [7, 11) is 0. The van der Waals surface area contributed by atoms with E-state index in [-0.39, 0.29) is 5.69 Å². The van der Waals surface area contributed by atoms with Gasteiger partial charge in [0.1, 0.15) is 5.69 Å². The molecule has 0 aliphatic carbocycles. The highest BCUT2D eigenvalue weighted by atomic mass is 16.6. The Hall–Kier alpha value is -2.37. The Kier molecular flexibility index (Phi) is 2.81. The molecule has 6 nitrogen and oxygen atoms in total. The molecule has 0 saturated carbocycles. The predicted molar refractivity (Wildman–Crippen MR) is 59.0 cm³/mol. The van der Waals surface area contributed by atoms with Crippen LogP contribution in [0, 0.1) is 10.1 Å². The highest BCUT2D eigenvalue weighted by Gasteiger charge is 2.11. The number of anilines is 1. The molecule has 0 amide bonds. The van der Waals surface area contributed by atoms with Gasteiger partial charge in [-0.25, -0.2) is 4.98 Å². The number of aromatic amines is 1. The summed E-state index contributed by atoms with van der Waals surface area (Å²) < 4.78 is 0. The quantitative estimate of drug-likeness (QED) is 0.606. The van der Waals surface area contributed by atoms with Gasteiger partial charge in [-0.2, -0.15) is 0 Å². The zero-order chi connectivity index (χ0) is 11.4. The zero-order valence-electron chi connectivity index (χ0n) is 8.38. The second-order valence-electron chi connectivity index (χ2n) is 3.20. The highest BCUT2D eigenvalue weighted by molar-refractivity contribution is 5.61. The third-order valence-electron chi connectivity index (χ3n) is 2.12. The molecule has 1 aromatic carbocycles. The van der Waals surface area contributed by atoms with Gasteiger partial charge in [0.2, 0.25) is 0 Å². The molecule has 16 heavy (non-hydrogen) atoms. The van der Waals surface area contributed by atoms with Crippen LogP contribution in [0.4, 0.5) is 11.4 Å². The lowest BCUT2D eigenvalue weighted by molar-refractivity contribution is -0.384. The summed E-state index contributed by atoms with van der Waals surface area (Å²) in [5, 5.41) is 13.7. The molecule has 6 heteroatoms. The molecule has 0 spiro atoms. The van der Waals surface area contributed by atoms with Crippen LogP contribution in [0.2, 0.25) is 0 Å². The summed E-state index contributed by atoms with van der Waals surface area (Å²) in [6, 6.07) is 6.53. The van der Waals surface area contributed by atoms with E-state index in [1.54, 1.807) is 30.7 Å². The minimum absolute atomic E-state index is 0.0713. The molecule has 2 aromatic rings. The van der Waals surface area contributed by atoms with E-state index in [1.165, 1.54) is 6.07 Å². The van der Waals surface area contributed by atoms with E-state index in [4.69, 9.17) is 0 Å². The molecule has 0 aliphatic heterocycles. The van der Waals surface area contributed by atoms with Gasteiger partial charge in [0, 0.05) is 12.3 Å². The zero-order valence-corrected chi connectivity index (χ0v) is 8.38. The number of hydrogen-bond acceptors (Lipinski definition) is 4. The fraction of sp³-hybridized carbons (Fsp3) is 0.100. The van der Waals surface area contributed by atoms with Crippen molar-refractivity contribution in [1.29, 1.82) is 0 Å². The Balaban J connectivity index is 2.12. The largest absolute Gasteiger partial charge is 0.374 e. The number of hydrogen-bond donors (Lipinski definition) is 2. The van der Waals surface area contributed by atoms with E-state index in [9.17, 15) is 10.1 Å². The monoisotopic (exact) mass is 218 g/mol. The third-order valence-corrected chi connectivity index (χ3v) is 2.12. The third kappa shape index (κ3) is 2.17. The van der Waals surface area contributed by atoms with Gasteiger partial charge in [-0.05, 0) is 6.07 Å². The van der Waals surface area contributed by atoms with E-state index in [0.29, 0.717) is 12.2 Å². The number of imidazole rings is 1. The first-order valence-corrected chi connectivity index (χ1v) is 4.72. The van der Waals surface area contributed by atoms with Crippen LogP contribution in [0.25, 0.3) is 0 Å². The first-order valence-electron chi connectivity index (χ1n) is 4.72. The number of benzene rings is 1. The topological polar surface area (TPSA) is 83.8 Å². The molecule has 0 aliphatic rings. The summed E-state index contributed by atoms with van der Waals surface area (Å²) >= 11 is 0. The average Bonchev–Trinajstić information content (AvgIpc) is 2.79. The molecule has 0 atom stereocenters. The summed E-state index contributed by atoms with van der Waals surface area (Å²) in [5.41, 5.74) is 1.45. The van der Waals surface area contributed by atoms with Crippen LogP contribution in [0.1, 0.15) is 5.69 Å². The van der Waals surface area contributed by atoms with E-state index < -0.39 is 4.92 Å². The van der Waals surface area contributed by atoms with Gasteiger partial charge < -0.3 is 10.3 Å². The summed E-state index contributed by atoms with van der Waals surface area (Å²) in [4.78, 5) is 17.1. The van der Waals surface area contributed by atoms with Crippen molar-refractivity contribution in [2.45, 2.75) is 6.54 Å². The van der Waals surface area contributed by atoms with Gasteiger partial charge in [-0.1, -0.05) is 12.1 Å². The summed E-state index contributed by atoms with van der Waals surface area (Å²) in [5.74, 6) is 0. The van der Waals surface area contributed by atoms with E-state index >= 15 is 0 Å². The van der Waals surface area contributed by atoms with Crippen LogP contribution in [-0.4, -0.2) is 14.9 Å². The minimum Gasteiger partial charge on any atom is -0.374 e. The maximum Gasteiger partial charge on any atom is 0.292 e. The van der Waals surface area contributed by atoms with Crippen molar-refractivity contribution in [2.75, 3.05) is 5.32 Å². The number of nitrogens with zero attached hydrogens (tertiary/aromatic N) is 2. The number of H-pyrrole nitrogens is 1. The smallest absolute Gasteiger partial charge is 0.292 e. The van der Waals surface area contributed by atoms with E-state index in [1.807, 2.05) is 0 Å². The van der Waals surface area contributed by atoms with Gasteiger partial charge in [0.15, 0.2) is 0 Å². The molecule has 1 aromatic heterocycles.